The fourth-order valence-corrected chi connectivity index (χ4v) is 2.85. The number of hydrogen-bond donors (Lipinski definition) is 1. The van der Waals surface area contributed by atoms with Gasteiger partial charge in [0.15, 0.2) is 5.17 Å². The van der Waals surface area contributed by atoms with Crippen molar-refractivity contribution >= 4 is 22.6 Å². The summed E-state index contributed by atoms with van der Waals surface area (Å²) >= 11 is 1.59. The van der Waals surface area contributed by atoms with Gasteiger partial charge in [-0.15, -0.1) is 0 Å². The number of halogens is 1. The summed E-state index contributed by atoms with van der Waals surface area (Å²) in [5, 5.41) is 5.11. The van der Waals surface area contributed by atoms with Crippen molar-refractivity contribution in [3.63, 3.8) is 0 Å². The molecule has 4 nitrogen and oxygen atoms in total. The second-order valence-corrected chi connectivity index (χ2v) is 5.90. The fourth-order valence-electron chi connectivity index (χ4n) is 2.08. The molecule has 0 atom stereocenters. The average Bonchev–Trinajstić information content (AvgIpc) is 2.61. The van der Waals surface area contributed by atoms with Crippen LogP contribution in [-0.2, 0) is 6.54 Å². The van der Waals surface area contributed by atoms with Gasteiger partial charge in [0.2, 0.25) is 0 Å². The number of ether oxygens (including phenoxy) is 1. The van der Waals surface area contributed by atoms with E-state index in [4.69, 9.17) is 4.74 Å². The third-order valence-corrected chi connectivity index (χ3v) is 4.29. The van der Waals surface area contributed by atoms with Crippen molar-refractivity contribution in [3.05, 3.63) is 65.5 Å². The number of hydrazone groups is 1. The first kappa shape index (κ1) is 15.6. The zero-order chi connectivity index (χ0) is 16.1. The topological polar surface area (TPSA) is 46.0 Å². The lowest BCUT2D eigenvalue weighted by atomic mass is 10.1. The van der Waals surface area contributed by atoms with E-state index in [2.05, 4.69) is 15.5 Å². The van der Waals surface area contributed by atoms with Crippen LogP contribution < -0.4 is 10.2 Å². The van der Waals surface area contributed by atoms with Gasteiger partial charge in [-0.2, -0.15) is 5.10 Å². The number of hydrogen-bond acceptors (Lipinski definition) is 4. The molecule has 118 valence electrons. The molecule has 0 saturated heterocycles. The SMILES string of the molecule is COc1ccc(CN=C2NN=C(c3ccc(F)cc3)CS2)cc1. The highest BCUT2D eigenvalue weighted by Gasteiger charge is 2.12. The highest BCUT2D eigenvalue weighted by atomic mass is 32.2. The normalized spacial score (nSPS) is 15.9. The minimum absolute atomic E-state index is 0.243. The largest absolute Gasteiger partial charge is 0.497 e. The number of methoxy groups -OCH3 is 1. The number of nitrogens with one attached hydrogen (secondary N) is 1. The third kappa shape index (κ3) is 4.10. The summed E-state index contributed by atoms with van der Waals surface area (Å²) in [6, 6.07) is 14.2. The molecule has 6 heteroatoms. The number of benzene rings is 2. The molecule has 23 heavy (non-hydrogen) atoms. The minimum Gasteiger partial charge on any atom is -0.497 e. The van der Waals surface area contributed by atoms with Gasteiger partial charge >= 0.3 is 0 Å². The van der Waals surface area contributed by atoms with Crippen LogP contribution in [0.3, 0.4) is 0 Å². The number of amidine groups is 1. The predicted octanol–water partition coefficient (Wildman–Crippen LogP) is 3.43. The summed E-state index contributed by atoms with van der Waals surface area (Å²) in [6.45, 7) is 0.584. The summed E-state index contributed by atoms with van der Waals surface area (Å²) < 4.78 is 18.1. The van der Waals surface area contributed by atoms with Crippen LogP contribution in [-0.4, -0.2) is 23.7 Å². The highest BCUT2D eigenvalue weighted by Crippen LogP contribution is 2.16. The van der Waals surface area contributed by atoms with Gasteiger partial charge in [-0.1, -0.05) is 36.0 Å². The van der Waals surface area contributed by atoms with E-state index in [9.17, 15) is 4.39 Å². The third-order valence-electron chi connectivity index (χ3n) is 3.37. The quantitative estimate of drug-likeness (QED) is 0.935. The van der Waals surface area contributed by atoms with Gasteiger partial charge < -0.3 is 4.74 Å². The predicted molar refractivity (Wildman–Crippen MR) is 92.7 cm³/mol. The van der Waals surface area contributed by atoms with E-state index in [0.717, 1.165) is 27.8 Å². The Bertz CT molecular complexity index is 727. The molecule has 1 N–H and O–H groups in total. The fraction of sp³-hybridized carbons (Fsp3) is 0.176. The molecule has 0 saturated carbocycles. The van der Waals surface area contributed by atoms with E-state index >= 15 is 0 Å². The molecule has 2 aromatic rings. The number of aliphatic imine (C=N–C) groups is 1. The molecule has 1 aliphatic heterocycles. The van der Waals surface area contributed by atoms with Gasteiger partial charge in [-0.3, -0.25) is 10.4 Å². The van der Waals surface area contributed by atoms with Crippen molar-refractivity contribution < 1.29 is 9.13 Å². The Morgan fingerprint density at radius 3 is 2.52 bits per heavy atom. The minimum atomic E-state index is -0.243. The number of thioether (sulfide) groups is 1. The Morgan fingerprint density at radius 2 is 1.91 bits per heavy atom. The van der Waals surface area contributed by atoms with Gasteiger partial charge in [0.05, 0.1) is 19.4 Å². The van der Waals surface area contributed by atoms with Crippen molar-refractivity contribution in [1.82, 2.24) is 5.43 Å². The lowest BCUT2D eigenvalue weighted by molar-refractivity contribution is 0.414. The summed E-state index contributed by atoms with van der Waals surface area (Å²) in [4.78, 5) is 4.51. The maximum atomic E-state index is 12.9. The molecular formula is C17H16FN3OS. The standard InChI is InChI=1S/C17H16FN3OS/c1-22-15-8-2-12(3-9-15)10-19-17-21-20-16(11-23-17)13-4-6-14(18)7-5-13/h2-9H,10-11H2,1H3,(H,19,21). The van der Waals surface area contributed by atoms with Crippen LogP contribution in [0.15, 0.2) is 58.6 Å². The molecular weight excluding hydrogens is 313 g/mol. The van der Waals surface area contributed by atoms with Crippen molar-refractivity contribution in [1.29, 1.82) is 0 Å². The maximum absolute atomic E-state index is 12.9. The molecule has 2 aromatic carbocycles. The van der Waals surface area contributed by atoms with Crippen molar-refractivity contribution in [2.24, 2.45) is 10.1 Å². The number of rotatable bonds is 4. The monoisotopic (exact) mass is 329 g/mol. The molecule has 0 amide bonds. The Hall–Kier alpha value is -2.34. The summed E-state index contributed by atoms with van der Waals surface area (Å²) in [7, 11) is 1.65. The van der Waals surface area contributed by atoms with Crippen LogP contribution in [0.2, 0.25) is 0 Å². The van der Waals surface area contributed by atoms with Crippen LogP contribution in [0.4, 0.5) is 4.39 Å². The summed E-state index contributed by atoms with van der Waals surface area (Å²) in [6.07, 6.45) is 0. The van der Waals surface area contributed by atoms with E-state index in [1.807, 2.05) is 24.3 Å². The molecule has 0 bridgehead atoms. The van der Waals surface area contributed by atoms with E-state index in [1.165, 1.54) is 12.1 Å². The highest BCUT2D eigenvalue weighted by molar-refractivity contribution is 8.14. The average molecular weight is 329 g/mol. The van der Waals surface area contributed by atoms with Crippen molar-refractivity contribution in [2.75, 3.05) is 12.9 Å². The zero-order valence-corrected chi connectivity index (χ0v) is 13.4. The van der Waals surface area contributed by atoms with E-state index in [1.54, 1.807) is 31.0 Å². The molecule has 3 rings (SSSR count). The van der Waals surface area contributed by atoms with Crippen LogP contribution in [0.5, 0.6) is 5.75 Å². The molecule has 0 radical (unpaired) electrons. The summed E-state index contributed by atoms with van der Waals surface area (Å²) in [5.74, 6) is 1.30. The van der Waals surface area contributed by atoms with Gasteiger partial charge in [0, 0.05) is 5.75 Å². The Morgan fingerprint density at radius 1 is 1.17 bits per heavy atom. The molecule has 0 aliphatic carbocycles. The lowest BCUT2D eigenvalue weighted by Gasteiger charge is -2.14. The second-order valence-electron chi connectivity index (χ2n) is 4.94. The number of nitrogens with zero attached hydrogens (tertiary/aromatic N) is 2. The molecule has 0 unspecified atom stereocenters. The van der Waals surface area contributed by atoms with Gasteiger partial charge in [-0.25, -0.2) is 4.39 Å². The van der Waals surface area contributed by atoms with Crippen LogP contribution >= 0.6 is 11.8 Å². The molecule has 0 spiro atoms. The molecule has 1 aliphatic rings. The molecule has 0 fully saturated rings. The Balaban J connectivity index is 1.61. The first-order chi connectivity index (χ1) is 11.2. The van der Waals surface area contributed by atoms with E-state index in [0.29, 0.717) is 12.3 Å². The summed E-state index contributed by atoms with van der Waals surface area (Å²) in [5.41, 5.74) is 5.87. The van der Waals surface area contributed by atoms with Gasteiger partial charge in [-0.05, 0) is 35.4 Å². The Labute approximate surface area is 138 Å². The van der Waals surface area contributed by atoms with Gasteiger partial charge in [0.25, 0.3) is 0 Å². The van der Waals surface area contributed by atoms with Crippen LogP contribution in [0, 0.1) is 5.82 Å². The van der Waals surface area contributed by atoms with E-state index in [-0.39, 0.29) is 5.82 Å². The van der Waals surface area contributed by atoms with Crippen LogP contribution in [0.1, 0.15) is 11.1 Å². The molecule has 1 heterocycles. The first-order valence-electron chi connectivity index (χ1n) is 7.13. The Kier molecular flexibility index (Phi) is 4.92. The van der Waals surface area contributed by atoms with E-state index < -0.39 is 0 Å². The van der Waals surface area contributed by atoms with Gasteiger partial charge in [0.1, 0.15) is 11.6 Å². The maximum Gasteiger partial charge on any atom is 0.177 e. The van der Waals surface area contributed by atoms with Crippen molar-refractivity contribution in [2.45, 2.75) is 6.54 Å². The zero-order valence-electron chi connectivity index (χ0n) is 12.6. The first-order valence-corrected chi connectivity index (χ1v) is 8.12. The van der Waals surface area contributed by atoms with Crippen LogP contribution in [0.25, 0.3) is 0 Å². The van der Waals surface area contributed by atoms with Crippen molar-refractivity contribution in [3.8, 4) is 5.75 Å². The second kappa shape index (κ2) is 7.28. The smallest absolute Gasteiger partial charge is 0.177 e. The lowest BCUT2D eigenvalue weighted by Crippen LogP contribution is -2.25. The molecule has 0 aromatic heterocycles.